The number of fused-ring (bicyclic) bond motifs is 1. The minimum atomic E-state index is -0.626. The van der Waals surface area contributed by atoms with E-state index in [1.807, 2.05) is 67.0 Å². The maximum Gasteiger partial charge on any atom is 0.251 e. The van der Waals surface area contributed by atoms with Crippen LogP contribution in [0.4, 0.5) is 0 Å². The number of hydrogen-bond donors (Lipinski definition) is 4. The van der Waals surface area contributed by atoms with Gasteiger partial charge in [0.05, 0.1) is 35.5 Å². The van der Waals surface area contributed by atoms with E-state index < -0.39 is 6.10 Å². The molecule has 2 aromatic heterocycles. The number of halogens is 1. The predicted octanol–water partition coefficient (Wildman–Crippen LogP) is 4.17. The van der Waals surface area contributed by atoms with Crippen LogP contribution in [0.15, 0.2) is 67.0 Å². The Morgan fingerprint density at radius 3 is 2.51 bits per heavy atom. The van der Waals surface area contributed by atoms with Crippen molar-refractivity contribution in [2.45, 2.75) is 45.4 Å². The highest BCUT2D eigenvalue weighted by atomic mass is 35.5. The molecule has 2 atom stereocenters. The molecule has 2 heterocycles. The zero-order valence-corrected chi connectivity index (χ0v) is 24.4. The number of likely N-dealkylation sites (N-methyl/N-ethyl adjacent to an activating group) is 1. The number of pyridine rings is 1. The largest absolute Gasteiger partial charge is 0.489 e. The molecule has 2 aromatic carbocycles. The van der Waals surface area contributed by atoms with Gasteiger partial charge in [-0.1, -0.05) is 41.9 Å². The van der Waals surface area contributed by atoms with Crippen molar-refractivity contribution in [3.05, 3.63) is 88.7 Å². The van der Waals surface area contributed by atoms with Crippen LogP contribution in [0.2, 0.25) is 5.02 Å². The van der Waals surface area contributed by atoms with E-state index in [9.17, 15) is 14.7 Å². The number of hydrogen-bond acceptors (Lipinski definition) is 6. The second-order valence-electron chi connectivity index (χ2n) is 10.2. The number of imidazole rings is 1. The van der Waals surface area contributed by atoms with E-state index in [4.69, 9.17) is 21.3 Å². The highest BCUT2D eigenvalue weighted by Crippen LogP contribution is 2.27. The fourth-order valence-electron chi connectivity index (χ4n) is 4.49. The highest BCUT2D eigenvalue weighted by molar-refractivity contribution is 6.32. The van der Waals surface area contributed by atoms with Crippen LogP contribution in [0, 0.1) is 0 Å². The van der Waals surface area contributed by atoms with Gasteiger partial charge in [-0.15, -0.1) is 0 Å². The van der Waals surface area contributed by atoms with Crippen LogP contribution in [0.1, 0.15) is 48.4 Å². The third-order valence-corrected chi connectivity index (χ3v) is 6.77. The van der Waals surface area contributed by atoms with Crippen LogP contribution in [0.5, 0.6) is 5.75 Å². The van der Waals surface area contributed by atoms with Gasteiger partial charge < -0.3 is 30.2 Å². The molecule has 0 bridgehead atoms. The summed E-state index contributed by atoms with van der Waals surface area (Å²) in [7, 11) is 1.70. The number of nitrogens with one attached hydrogen (secondary N) is 3. The summed E-state index contributed by atoms with van der Waals surface area (Å²) in [4.78, 5) is 30.0. The van der Waals surface area contributed by atoms with Crippen molar-refractivity contribution >= 4 is 29.1 Å². The molecule has 9 nitrogen and oxygen atoms in total. The molecule has 4 N–H and O–H groups in total. The van der Waals surface area contributed by atoms with E-state index in [-0.39, 0.29) is 37.0 Å². The van der Waals surface area contributed by atoms with Crippen LogP contribution in [-0.4, -0.2) is 58.6 Å². The number of rotatable bonds is 12. The number of nitrogens with zero attached hydrogens (tertiary/aromatic N) is 2. The van der Waals surface area contributed by atoms with E-state index in [1.165, 1.54) is 0 Å². The summed E-state index contributed by atoms with van der Waals surface area (Å²) >= 11 is 6.35. The summed E-state index contributed by atoms with van der Waals surface area (Å²) in [6, 6.07) is 16.2. The van der Waals surface area contributed by atoms with Crippen LogP contribution in [0.3, 0.4) is 0 Å². The first-order chi connectivity index (χ1) is 19.6. The molecule has 0 saturated heterocycles. The molecule has 0 saturated carbocycles. The molecule has 0 aliphatic rings. The zero-order valence-electron chi connectivity index (χ0n) is 23.6. The Kier molecular flexibility index (Phi) is 9.99. The average Bonchev–Trinajstić information content (AvgIpc) is 3.37. The molecule has 216 valence electrons. The molecule has 2 unspecified atom stereocenters. The Morgan fingerprint density at radius 1 is 1.10 bits per heavy atom. The van der Waals surface area contributed by atoms with E-state index in [0.717, 1.165) is 22.4 Å². The third-order valence-electron chi connectivity index (χ3n) is 6.47. The molecule has 0 aliphatic heterocycles. The SMILES string of the molecule is CNCC(=O)NCC(Cc1ccc(-c2cn3cccc(C(C)O)c3n2)cc1)NC(=O)c1ccc(OC(C)C)c(Cl)c1. The Balaban J connectivity index is 1.50. The van der Waals surface area contributed by atoms with Crippen molar-refractivity contribution in [3.8, 4) is 17.0 Å². The number of amides is 2. The average molecular weight is 578 g/mol. The molecule has 0 radical (unpaired) electrons. The first kappa shape index (κ1) is 30.0. The number of aliphatic hydroxyl groups excluding tert-OH is 1. The summed E-state index contributed by atoms with van der Waals surface area (Å²) in [5.41, 5.74) is 4.57. The molecule has 41 heavy (non-hydrogen) atoms. The van der Waals surface area contributed by atoms with Gasteiger partial charge in [-0.05, 0) is 64.1 Å². The smallest absolute Gasteiger partial charge is 0.251 e. The van der Waals surface area contributed by atoms with Crippen molar-refractivity contribution in [3.63, 3.8) is 0 Å². The summed E-state index contributed by atoms with van der Waals surface area (Å²) in [5, 5.41) is 19.2. The molecular formula is C31H36ClN5O4. The maximum absolute atomic E-state index is 13.1. The Hall–Kier alpha value is -3.92. The topological polar surface area (TPSA) is 117 Å². The van der Waals surface area contributed by atoms with E-state index in [1.54, 1.807) is 32.2 Å². The van der Waals surface area contributed by atoms with E-state index in [2.05, 4.69) is 16.0 Å². The molecule has 0 fully saturated rings. The summed E-state index contributed by atoms with van der Waals surface area (Å²) < 4.78 is 7.57. The molecule has 10 heteroatoms. The van der Waals surface area contributed by atoms with Gasteiger partial charge in [0.1, 0.15) is 11.4 Å². The Bertz CT molecular complexity index is 1500. The van der Waals surface area contributed by atoms with Crippen molar-refractivity contribution in [2.75, 3.05) is 20.1 Å². The van der Waals surface area contributed by atoms with Gasteiger partial charge in [-0.2, -0.15) is 0 Å². The van der Waals surface area contributed by atoms with Gasteiger partial charge in [0.2, 0.25) is 5.91 Å². The number of carbonyl (C=O) groups excluding carboxylic acids is 2. The highest BCUT2D eigenvalue weighted by Gasteiger charge is 2.18. The predicted molar refractivity (Wildman–Crippen MR) is 160 cm³/mol. The standard InChI is InChI=1S/C31H36ClN5O4/c1-19(2)41-28-12-11-23(15-26(28)32)31(40)35-24(16-34-29(39)17-33-4)14-21-7-9-22(10-8-21)27-18-37-13-5-6-25(20(3)38)30(37)36-27/h5-13,15,18-20,24,33,38H,14,16-17H2,1-4H3,(H,34,39)(H,35,40). The second kappa shape index (κ2) is 13.6. The van der Waals surface area contributed by atoms with E-state index in [0.29, 0.717) is 28.4 Å². The third kappa shape index (κ3) is 7.85. The molecule has 4 aromatic rings. The molecule has 2 amide bonds. The summed E-state index contributed by atoms with van der Waals surface area (Å²) in [5.74, 6) is 0.0525. The Labute approximate surface area is 244 Å². The lowest BCUT2D eigenvalue weighted by Gasteiger charge is -2.20. The first-order valence-corrected chi connectivity index (χ1v) is 14.0. The van der Waals surface area contributed by atoms with Crippen molar-refractivity contribution in [2.24, 2.45) is 0 Å². The molecular weight excluding hydrogens is 542 g/mol. The Morgan fingerprint density at radius 2 is 1.85 bits per heavy atom. The van der Waals surface area contributed by atoms with Crippen LogP contribution in [0.25, 0.3) is 16.9 Å². The number of aliphatic hydroxyl groups is 1. The molecule has 0 spiro atoms. The van der Waals surface area contributed by atoms with Gasteiger partial charge in [0.15, 0.2) is 0 Å². The van der Waals surface area contributed by atoms with Gasteiger partial charge in [0, 0.05) is 35.6 Å². The van der Waals surface area contributed by atoms with Gasteiger partial charge in [0.25, 0.3) is 5.91 Å². The van der Waals surface area contributed by atoms with Crippen molar-refractivity contribution in [1.82, 2.24) is 25.3 Å². The second-order valence-corrected chi connectivity index (χ2v) is 10.6. The van der Waals surface area contributed by atoms with Crippen molar-refractivity contribution < 1.29 is 19.4 Å². The van der Waals surface area contributed by atoms with Gasteiger partial charge in [-0.3, -0.25) is 9.59 Å². The molecule has 4 rings (SSSR count). The minimum absolute atomic E-state index is 0.0430. The zero-order chi connectivity index (χ0) is 29.5. The fourth-order valence-corrected chi connectivity index (χ4v) is 4.72. The maximum atomic E-state index is 13.1. The fraction of sp³-hybridized carbons (Fsp3) is 0.323. The normalized spacial score (nSPS) is 12.8. The lowest BCUT2D eigenvalue weighted by Crippen LogP contribution is -2.46. The van der Waals surface area contributed by atoms with Gasteiger partial charge >= 0.3 is 0 Å². The van der Waals surface area contributed by atoms with Gasteiger partial charge in [-0.25, -0.2) is 4.98 Å². The summed E-state index contributed by atoms with van der Waals surface area (Å²) in [6.45, 7) is 5.96. The monoisotopic (exact) mass is 577 g/mol. The number of carbonyl (C=O) groups is 2. The first-order valence-electron chi connectivity index (χ1n) is 13.6. The number of ether oxygens (including phenoxy) is 1. The lowest BCUT2D eigenvalue weighted by atomic mass is 10.0. The summed E-state index contributed by atoms with van der Waals surface area (Å²) in [6.07, 6.45) is 3.66. The van der Waals surface area contributed by atoms with Crippen LogP contribution >= 0.6 is 11.6 Å². The molecule has 0 aliphatic carbocycles. The number of benzene rings is 2. The minimum Gasteiger partial charge on any atom is -0.489 e. The lowest BCUT2D eigenvalue weighted by molar-refractivity contribution is -0.120. The number of aromatic nitrogens is 2. The van der Waals surface area contributed by atoms with Crippen LogP contribution < -0.4 is 20.7 Å². The van der Waals surface area contributed by atoms with Crippen molar-refractivity contribution in [1.29, 1.82) is 0 Å². The van der Waals surface area contributed by atoms with Crippen LogP contribution in [-0.2, 0) is 11.2 Å². The van der Waals surface area contributed by atoms with E-state index >= 15 is 0 Å². The quantitative estimate of drug-likeness (QED) is 0.201.